The van der Waals surface area contributed by atoms with Crippen LogP contribution in [-0.2, 0) is 33.5 Å². The van der Waals surface area contributed by atoms with Crippen LogP contribution in [0.3, 0.4) is 0 Å². The zero-order valence-corrected chi connectivity index (χ0v) is 20.7. The Morgan fingerprint density at radius 1 is 0.895 bits per heavy atom. The van der Waals surface area contributed by atoms with Gasteiger partial charge in [0, 0.05) is 39.1 Å². The number of hydrogen-bond acceptors (Lipinski definition) is 7. The van der Waals surface area contributed by atoms with Crippen molar-refractivity contribution in [2.75, 3.05) is 26.2 Å². The number of phenols is 1. The number of nitrogens with two attached hydrogens (primary N) is 3. The molecule has 0 aromatic heterocycles. The number of benzene rings is 2. The topological polar surface area (TPSA) is 177 Å². The van der Waals surface area contributed by atoms with Gasteiger partial charge in [0.2, 0.25) is 17.7 Å². The molecule has 2 atom stereocenters. The lowest BCUT2D eigenvalue weighted by molar-refractivity contribution is -0.137. The minimum absolute atomic E-state index is 0.0487. The number of halogens is 3. The Kier molecular flexibility index (Phi) is 11.5. The minimum Gasteiger partial charge on any atom is -0.508 e. The van der Waals surface area contributed by atoms with Crippen molar-refractivity contribution < 1.29 is 32.7 Å². The van der Waals surface area contributed by atoms with Gasteiger partial charge in [0.1, 0.15) is 11.8 Å². The van der Waals surface area contributed by atoms with Crippen LogP contribution in [0.1, 0.15) is 23.1 Å². The van der Waals surface area contributed by atoms with Crippen LogP contribution in [0.5, 0.6) is 5.75 Å². The summed E-state index contributed by atoms with van der Waals surface area (Å²) in [5, 5.41) is 14.6. The lowest BCUT2D eigenvalue weighted by Gasteiger charge is -2.24. The number of amides is 3. The molecule has 0 aliphatic heterocycles. The van der Waals surface area contributed by atoms with Gasteiger partial charge in [-0.2, -0.15) is 13.2 Å². The van der Waals surface area contributed by atoms with Gasteiger partial charge in [0.05, 0.1) is 18.0 Å². The molecule has 0 spiro atoms. The van der Waals surface area contributed by atoms with E-state index < -0.39 is 41.5 Å². The van der Waals surface area contributed by atoms with E-state index in [2.05, 4.69) is 10.6 Å². The maximum absolute atomic E-state index is 13.0. The first-order valence-corrected chi connectivity index (χ1v) is 11.9. The van der Waals surface area contributed by atoms with Gasteiger partial charge in [-0.1, -0.05) is 24.3 Å². The molecule has 208 valence electrons. The van der Waals surface area contributed by atoms with Crippen molar-refractivity contribution >= 4 is 17.7 Å². The average molecular weight is 539 g/mol. The predicted molar refractivity (Wildman–Crippen MR) is 134 cm³/mol. The van der Waals surface area contributed by atoms with Crippen molar-refractivity contribution in [1.29, 1.82) is 0 Å². The van der Waals surface area contributed by atoms with Crippen LogP contribution >= 0.6 is 0 Å². The van der Waals surface area contributed by atoms with Gasteiger partial charge in [-0.25, -0.2) is 0 Å². The van der Waals surface area contributed by atoms with Crippen LogP contribution in [0, 0.1) is 0 Å². The van der Waals surface area contributed by atoms with E-state index in [9.17, 15) is 32.7 Å². The maximum atomic E-state index is 13.0. The Hall–Kier alpha value is -3.68. The number of nitrogens with one attached hydrogen (secondary N) is 2. The van der Waals surface area contributed by atoms with Gasteiger partial charge in [0.15, 0.2) is 0 Å². The summed E-state index contributed by atoms with van der Waals surface area (Å²) in [4.78, 5) is 39.7. The third kappa shape index (κ3) is 9.65. The molecule has 0 heterocycles. The minimum atomic E-state index is -4.52. The lowest BCUT2D eigenvalue weighted by Crippen LogP contribution is -2.53. The Morgan fingerprint density at radius 3 is 1.97 bits per heavy atom. The summed E-state index contributed by atoms with van der Waals surface area (Å²) >= 11 is 0. The highest BCUT2D eigenvalue weighted by atomic mass is 19.4. The first-order valence-electron chi connectivity index (χ1n) is 11.9. The van der Waals surface area contributed by atoms with Crippen molar-refractivity contribution in [2.24, 2.45) is 17.2 Å². The van der Waals surface area contributed by atoms with Crippen molar-refractivity contribution in [3.63, 3.8) is 0 Å². The molecule has 2 rings (SSSR count). The standard InChI is InChI=1S/C25H33F3N6O4/c26-25(27,28)18-5-1-16(2-6-18)13-21(24(38)32-15-17-3-7-19(35)8-4-17)33-23(37)20(31)14-22(36)34(11-9-29)12-10-30/h1-8,20-21,35H,9-15,29-31H2,(H,32,38)(H,33,37). The second kappa shape index (κ2) is 14.3. The fourth-order valence-electron chi connectivity index (χ4n) is 3.56. The monoisotopic (exact) mass is 538 g/mol. The molecule has 0 aliphatic rings. The van der Waals surface area contributed by atoms with Crippen LogP contribution < -0.4 is 27.8 Å². The molecule has 0 aliphatic carbocycles. The highest BCUT2D eigenvalue weighted by Gasteiger charge is 2.31. The molecule has 2 aromatic carbocycles. The van der Waals surface area contributed by atoms with Gasteiger partial charge in [-0.05, 0) is 35.4 Å². The van der Waals surface area contributed by atoms with E-state index in [0.29, 0.717) is 11.1 Å². The van der Waals surface area contributed by atoms with E-state index in [4.69, 9.17) is 17.2 Å². The zero-order valence-electron chi connectivity index (χ0n) is 20.7. The molecule has 2 aromatic rings. The largest absolute Gasteiger partial charge is 0.508 e. The highest BCUT2D eigenvalue weighted by molar-refractivity contribution is 5.92. The summed E-state index contributed by atoms with van der Waals surface area (Å²) in [6.45, 7) is 0.935. The molecule has 3 amide bonds. The quantitative estimate of drug-likeness (QED) is 0.211. The van der Waals surface area contributed by atoms with E-state index in [0.717, 1.165) is 12.1 Å². The molecule has 0 fully saturated rings. The number of carbonyl (C=O) groups excluding carboxylic acids is 3. The Morgan fingerprint density at radius 2 is 1.45 bits per heavy atom. The van der Waals surface area contributed by atoms with Crippen LogP contribution in [0.15, 0.2) is 48.5 Å². The van der Waals surface area contributed by atoms with Gasteiger partial charge in [-0.3, -0.25) is 14.4 Å². The number of aromatic hydroxyl groups is 1. The fourth-order valence-corrected chi connectivity index (χ4v) is 3.56. The lowest BCUT2D eigenvalue weighted by atomic mass is 10.0. The molecular weight excluding hydrogens is 505 g/mol. The molecule has 0 bridgehead atoms. The van der Waals surface area contributed by atoms with Crippen molar-refractivity contribution in [1.82, 2.24) is 15.5 Å². The number of phenolic OH excluding ortho intramolecular Hbond substituents is 1. The Balaban J connectivity index is 2.13. The van der Waals surface area contributed by atoms with Crippen LogP contribution in [-0.4, -0.2) is 66.0 Å². The zero-order chi connectivity index (χ0) is 28.3. The van der Waals surface area contributed by atoms with Gasteiger partial charge < -0.3 is 37.8 Å². The van der Waals surface area contributed by atoms with Crippen molar-refractivity contribution in [3.8, 4) is 5.75 Å². The van der Waals surface area contributed by atoms with Crippen molar-refractivity contribution in [3.05, 3.63) is 65.2 Å². The predicted octanol–water partition coefficient (Wildman–Crippen LogP) is 0.218. The number of alkyl halides is 3. The third-order valence-corrected chi connectivity index (χ3v) is 5.64. The first kappa shape index (κ1) is 30.5. The van der Waals surface area contributed by atoms with Crippen LogP contribution in [0.4, 0.5) is 13.2 Å². The second-order valence-electron chi connectivity index (χ2n) is 8.61. The summed E-state index contributed by atoms with van der Waals surface area (Å²) in [7, 11) is 0. The van der Waals surface area contributed by atoms with Crippen LogP contribution in [0.2, 0.25) is 0 Å². The molecule has 0 saturated heterocycles. The Bertz CT molecular complexity index is 1060. The number of carbonyl (C=O) groups is 3. The van der Waals surface area contributed by atoms with E-state index in [1.54, 1.807) is 12.1 Å². The molecule has 2 unspecified atom stereocenters. The van der Waals surface area contributed by atoms with E-state index in [1.165, 1.54) is 29.2 Å². The molecule has 13 heteroatoms. The normalized spacial score (nSPS) is 12.9. The smallest absolute Gasteiger partial charge is 0.416 e. The SMILES string of the molecule is NCCN(CCN)C(=O)CC(N)C(=O)NC(Cc1ccc(C(F)(F)F)cc1)C(=O)NCc1ccc(O)cc1. The van der Waals surface area contributed by atoms with E-state index >= 15 is 0 Å². The maximum Gasteiger partial charge on any atom is 0.416 e. The molecule has 0 radical (unpaired) electrons. The molecule has 38 heavy (non-hydrogen) atoms. The van der Waals surface area contributed by atoms with Gasteiger partial charge in [0.25, 0.3) is 0 Å². The van der Waals surface area contributed by atoms with Gasteiger partial charge >= 0.3 is 6.18 Å². The molecule has 9 N–H and O–H groups in total. The molecule has 0 saturated carbocycles. The summed E-state index contributed by atoms with van der Waals surface area (Å²) in [5.41, 5.74) is 17.1. The number of nitrogens with zero attached hydrogens (tertiary/aromatic N) is 1. The summed E-state index contributed by atoms with van der Waals surface area (Å²) in [6.07, 6.45) is -5.00. The van der Waals surface area contributed by atoms with E-state index in [1.807, 2.05) is 0 Å². The highest BCUT2D eigenvalue weighted by Crippen LogP contribution is 2.29. The molecular formula is C25H33F3N6O4. The fraction of sp³-hybridized carbons (Fsp3) is 0.400. The average Bonchev–Trinajstić information content (AvgIpc) is 2.87. The summed E-state index contributed by atoms with van der Waals surface area (Å²) < 4.78 is 38.8. The van der Waals surface area contributed by atoms with Crippen molar-refractivity contribution in [2.45, 2.75) is 37.6 Å². The third-order valence-electron chi connectivity index (χ3n) is 5.64. The molecule has 10 nitrogen and oxygen atoms in total. The number of rotatable bonds is 13. The Labute approximate surface area is 218 Å². The first-order chi connectivity index (χ1) is 17.9. The summed E-state index contributed by atoms with van der Waals surface area (Å²) in [5.74, 6) is -1.78. The summed E-state index contributed by atoms with van der Waals surface area (Å²) in [6, 6.07) is 7.79. The number of hydrogen-bond donors (Lipinski definition) is 6. The van der Waals surface area contributed by atoms with Gasteiger partial charge in [-0.15, -0.1) is 0 Å². The van der Waals surface area contributed by atoms with Crippen LogP contribution in [0.25, 0.3) is 0 Å². The second-order valence-corrected chi connectivity index (χ2v) is 8.61. The van der Waals surface area contributed by atoms with E-state index in [-0.39, 0.29) is 51.3 Å².